The van der Waals surface area contributed by atoms with Crippen LogP contribution in [-0.4, -0.2) is 17.5 Å². The monoisotopic (exact) mass is 512 g/mol. The van der Waals surface area contributed by atoms with Crippen LogP contribution in [0.4, 0.5) is 8.78 Å². The first-order valence-electron chi connectivity index (χ1n) is 14.3. The van der Waals surface area contributed by atoms with Crippen molar-refractivity contribution in [2.45, 2.75) is 96.8 Å². The van der Waals surface area contributed by atoms with Crippen LogP contribution >= 0.6 is 0 Å². The molecule has 2 aliphatic rings. The Kier molecular flexibility index (Phi) is 9.61. The van der Waals surface area contributed by atoms with Crippen molar-refractivity contribution in [3.05, 3.63) is 58.7 Å². The Hall–Kier alpha value is -2.43. The van der Waals surface area contributed by atoms with Crippen LogP contribution in [0.2, 0.25) is 0 Å². The number of halogens is 2. The standard InChI is InChI=1S/C32H42F2O3/c1-3-5-21-6-10-23(11-7-21)25-14-16-26(17-15-25)24-12-8-22(9-13-24)20-28(35)27-18-19-29(37-4-2)30(31(27)36)32(33)34/h8-9,12-13,18-19,21,23,25-26,32,36H,3-7,10-11,14-17,20H2,1-2H3. The summed E-state index contributed by atoms with van der Waals surface area (Å²) >= 11 is 0. The summed E-state index contributed by atoms with van der Waals surface area (Å²) in [6, 6.07) is 10.9. The maximum absolute atomic E-state index is 13.5. The predicted octanol–water partition coefficient (Wildman–Crippen LogP) is 9.03. The summed E-state index contributed by atoms with van der Waals surface area (Å²) in [4.78, 5) is 12.9. The van der Waals surface area contributed by atoms with Gasteiger partial charge >= 0.3 is 0 Å². The molecule has 2 aromatic carbocycles. The summed E-state index contributed by atoms with van der Waals surface area (Å²) in [5.74, 6) is 2.19. The number of Topliss-reactive ketones (excluding diaryl/α,β-unsaturated/α-hetero) is 1. The maximum Gasteiger partial charge on any atom is 0.271 e. The minimum Gasteiger partial charge on any atom is -0.507 e. The van der Waals surface area contributed by atoms with E-state index in [-0.39, 0.29) is 30.1 Å². The molecular formula is C32H42F2O3. The van der Waals surface area contributed by atoms with Gasteiger partial charge in [-0.1, -0.05) is 56.9 Å². The average molecular weight is 513 g/mol. The van der Waals surface area contributed by atoms with Gasteiger partial charge in [0.1, 0.15) is 17.1 Å². The fraction of sp³-hybridized carbons (Fsp3) is 0.594. The molecule has 0 amide bonds. The first kappa shape index (κ1) is 27.6. The van der Waals surface area contributed by atoms with Crippen LogP contribution in [-0.2, 0) is 6.42 Å². The molecule has 202 valence electrons. The first-order valence-corrected chi connectivity index (χ1v) is 14.3. The number of phenols is 1. The molecule has 0 spiro atoms. The Morgan fingerprint density at radius 3 is 2.11 bits per heavy atom. The number of aromatic hydroxyl groups is 1. The second-order valence-corrected chi connectivity index (χ2v) is 11.1. The van der Waals surface area contributed by atoms with E-state index in [1.165, 1.54) is 81.9 Å². The fourth-order valence-corrected chi connectivity index (χ4v) is 6.78. The van der Waals surface area contributed by atoms with E-state index < -0.39 is 17.7 Å². The first-order chi connectivity index (χ1) is 17.9. The number of ketones is 1. The van der Waals surface area contributed by atoms with Crippen molar-refractivity contribution in [2.75, 3.05) is 6.61 Å². The molecule has 3 nitrogen and oxygen atoms in total. The van der Waals surface area contributed by atoms with Crippen LogP contribution in [0.3, 0.4) is 0 Å². The van der Waals surface area contributed by atoms with Crippen molar-refractivity contribution in [2.24, 2.45) is 17.8 Å². The largest absolute Gasteiger partial charge is 0.507 e. The lowest BCUT2D eigenvalue weighted by atomic mass is 9.68. The van der Waals surface area contributed by atoms with Gasteiger partial charge in [-0.25, -0.2) is 8.78 Å². The summed E-state index contributed by atoms with van der Waals surface area (Å²) < 4.78 is 32.3. The summed E-state index contributed by atoms with van der Waals surface area (Å²) in [7, 11) is 0. The van der Waals surface area contributed by atoms with Gasteiger partial charge in [0.15, 0.2) is 5.78 Å². The third-order valence-electron chi connectivity index (χ3n) is 8.84. The molecule has 0 unspecified atom stereocenters. The molecule has 0 aromatic heterocycles. The van der Waals surface area contributed by atoms with E-state index >= 15 is 0 Å². The number of ether oxygens (including phenoxy) is 1. The molecule has 0 radical (unpaired) electrons. The molecule has 0 aliphatic heterocycles. The molecule has 5 heteroatoms. The molecule has 0 heterocycles. The van der Waals surface area contributed by atoms with Crippen LogP contribution in [0.25, 0.3) is 0 Å². The topological polar surface area (TPSA) is 46.5 Å². The fourth-order valence-electron chi connectivity index (χ4n) is 6.78. The summed E-state index contributed by atoms with van der Waals surface area (Å²) in [5, 5.41) is 10.4. The van der Waals surface area contributed by atoms with Gasteiger partial charge in [-0.3, -0.25) is 4.79 Å². The minimum absolute atomic E-state index is 0.0535. The lowest BCUT2D eigenvalue weighted by Crippen LogP contribution is -2.25. The van der Waals surface area contributed by atoms with Crippen LogP contribution < -0.4 is 4.74 Å². The van der Waals surface area contributed by atoms with Crippen molar-refractivity contribution in [3.8, 4) is 11.5 Å². The van der Waals surface area contributed by atoms with Gasteiger partial charge in [0.2, 0.25) is 0 Å². The van der Waals surface area contributed by atoms with Gasteiger partial charge in [0.05, 0.1) is 12.2 Å². The van der Waals surface area contributed by atoms with E-state index in [1.807, 2.05) is 12.1 Å². The van der Waals surface area contributed by atoms with Crippen molar-refractivity contribution in [1.82, 2.24) is 0 Å². The molecule has 4 rings (SSSR count). The molecule has 2 aromatic rings. The van der Waals surface area contributed by atoms with Crippen molar-refractivity contribution in [3.63, 3.8) is 0 Å². The Labute approximate surface area is 220 Å². The number of benzene rings is 2. The molecular weight excluding hydrogens is 470 g/mol. The molecule has 37 heavy (non-hydrogen) atoms. The van der Waals surface area contributed by atoms with Crippen LogP contribution in [0.1, 0.15) is 117 Å². The van der Waals surface area contributed by atoms with E-state index in [1.54, 1.807) is 6.92 Å². The minimum atomic E-state index is -2.93. The molecule has 0 saturated heterocycles. The normalized spacial score (nSPS) is 24.2. The van der Waals surface area contributed by atoms with Gasteiger partial charge in [0, 0.05) is 6.42 Å². The third kappa shape index (κ3) is 6.72. The molecule has 1 N–H and O–H groups in total. The smallest absolute Gasteiger partial charge is 0.271 e. The van der Waals surface area contributed by atoms with E-state index in [4.69, 9.17) is 4.74 Å². The highest BCUT2D eigenvalue weighted by Crippen LogP contribution is 2.44. The van der Waals surface area contributed by atoms with E-state index in [9.17, 15) is 18.7 Å². The zero-order valence-electron chi connectivity index (χ0n) is 22.4. The number of carbonyl (C=O) groups excluding carboxylic acids is 1. The molecule has 0 atom stereocenters. The van der Waals surface area contributed by atoms with Gasteiger partial charge in [-0.05, 0) is 92.4 Å². The quantitative estimate of drug-likeness (QED) is 0.323. The Balaban J connectivity index is 1.32. The van der Waals surface area contributed by atoms with Gasteiger partial charge in [-0.15, -0.1) is 0 Å². The van der Waals surface area contributed by atoms with Gasteiger partial charge < -0.3 is 9.84 Å². The van der Waals surface area contributed by atoms with E-state index in [0.717, 1.165) is 23.3 Å². The summed E-state index contributed by atoms with van der Waals surface area (Å²) in [5.41, 5.74) is 1.43. The van der Waals surface area contributed by atoms with Gasteiger partial charge in [0.25, 0.3) is 6.43 Å². The molecule has 2 saturated carbocycles. The average Bonchev–Trinajstić information content (AvgIpc) is 2.90. The number of carbonyl (C=O) groups is 1. The maximum atomic E-state index is 13.5. The zero-order valence-corrected chi connectivity index (χ0v) is 22.4. The summed E-state index contributed by atoms with van der Waals surface area (Å²) in [6.07, 6.45) is 10.6. The molecule has 2 fully saturated rings. The van der Waals surface area contributed by atoms with Crippen molar-refractivity contribution < 1.29 is 23.4 Å². The van der Waals surface area contributed by atoms with E-state index in [2.05, 4.69) is 19.1 Å². The highest BCUT2D eigenvalue weighted by Gasteiger charge is 2.31. The lowest BCUT2D eigenvalue weighted by molar-refractivity contribution is 0.0988. The Bertz CT molecular complexity index is 1020. The van der Waals surface area contributed by atoms with Crippen LogP contribution in [0.5, 0.6) is 11.5 Å². The predicted molar refractivity (Wildman–Crippen MR) is 144 cm³/mol. The second kappa shape index (κ2) is 12.9. The third-order valence-corrected chi connectivity index (χ3v) is 8.84. The summed E-state index contributed by atoms with van der Waals surface area (Å²) in [6.45, 7) is 4.18. The number of rotatable bonds is 10. The lowest BCUT2D eigenvalue weighted by Gasteiger charge is -2.38. The van der Waals surface area contributed by atoms with Crippen LogP contribution in [0, 0.1) is 17.8 Å². The number of alkyl halides is 2. The molecule has 2 aliphatic carbocycles. The SMILES string of the molecule is CCCC1CCC(C2CCC(c3ccc(CC(=O)c4ccc(OCC)c(C(F)F)c4O)cc3)CC2)CC1. The number of hydrogen-bond acceptors (Lipinski definition) is 3. The van der Waals surface area contributed by atoms with Crippen LogP contribution in [0.15, 0.2) is 36.4 Å². The van der Waals surface area contributed by atoms with Gasteiger partial charge in [-0.2, -0.15) is 0 Å². The Morgan fingerprint density at radius 2 is 1.54 bits per heavy atom. The Morgan fingerprint density at radius 1 is 0.919 bits per heavy atom. The second-order valence-electron chi connectivity index (χ2n) is 11.1. The zero-order chi connectivity index (χ0) is 26.4. The highest BCUT2D eigenvalue weighted by atomic mass is 19.3. The number of hydrogen-bond donors (Lipinski definition) is 1. The molecule has 0 bridgehead atoms. The van der Waals surface area contributed by atoms with E-state index in [0.29, 0.717) is 5.92 Å². The number of phenolic OH excluding ortho intramolecular Hbond substituents is 1. The van der Waals surface area contributed by atoms with Crippen molar-refractivity contribution in [1.29, 1.82) is 0 Å². The van der Waals surface area contributed by atoms with Crippen molar-refractivity contribution >= 4 is 5.78 Å². The highest BCUT2D eigenvalue weighted by molar-refractivity contribution is 6.00.